The molecule has 0 aromatic heterocycles. The molecule has 0 aromatic carbocycles. The molecule has 2 fully saturated rings. The normalized spacial score (nSPS) is 30.9. The molecule has 2 unspecified atom stereocenters. The molecule has 0 amide bonds. The number of hydrogen-bond donors (Lipinski definition) is 1. The van der Waals surface area contributed by atoms with Gasteiger partial charge in [-0.05, 0) is 50.0 Å². The lowest BCUT2D eigenvalue weighted by Crippen LogP contribution is -2.54. The van der Waals surface area contributed by atoms with Crippen molar-refractivity contribution in [2.75, 3.05) is 19.6 Å². The average Bonchev–Trinajstić information content (AvgIpc) is 2.98. The van der Waals surface area contributed by atoms with Crippen LogP contribution in [0, 0.1) is 17.8 Å². The van der Waals surface area contributed by atoms with E-state index < -0.39 is 0 Å². The number of nitrogens with two attached hydrogens (primary N) is 1. The maximum absolute atomic E-state index is 6.12. The summed E-state index contributed by atoms with van der Waals surface area (Å²) < 4.78 is 0. The zero-order valence-electron chi connectivity index (χ0n) is 11.2. The molecule has 0 bridgehead atoms. The molecule has 2 N–H and O–H groups in total. The Bertz CT molecular complexity index is 229. The van der Waals surface area contributed by atoms with Crippen molar-refractivity contribution in [1.82, 2.24) is 4.90 Å². The Morgan fingerprint density at radius 1 is 1.31 bits per heavy atom. The van der Waals surface area contributed by atoms with E-state index in [4.69, 9.17) is 5.73 Å². The third kappa shape index (κ3) is 2.02. The minimum Gasteiger partial charge on any atom is -0.329 e. The predicted octanol–water partition coefficient (Wildman–Crippen LogP) is 2.48. The van der Waals surface area contributed by atoms with Crippen molar-refractivity contribution in [2.45, 2.75) is 52.0 Å². The first-order chi connectivity index (χ1) is 7.64. The highest BCUT2D eigenvalue weighted by Gasteiger charge is 2.48. The fourth-order valence-corrected chi connectivity index (χ4v) is 3.57. The fourth-order valence-electron chi connectivity index (χ4n) is 3.57. The Balaban J connectivity index is 2.05. The molecule has 2 nitrogen and oxygen atoms in total. The van der Waals surface area contributed by atoms with Crippen molar-refractivity contribution in [3.63, 3.8) is 0 Å². The summed E-state index contributed by atoms with van der Waals surface area (Å²) in [5, 5.41) is 0. The molecular weight excluding hydrogens is 196 g/mol. The number of likely N-dealkylation sites (tertiary alicyclic amines) is 1. The topological polar surface area (TPSA) is 29.3 Å². The molecule has 2 rings (SSSR count). The number of nitrogens with zero attached hydrogens (tertiary/aromatic N) is 1. The van der Waals surface area contributed by atoms with Crippen molar-refractivity contribution in [2.24, 2.45) is 23.5 Å². The van der Waals surface area contributed by atoms with E-state index in [0.29, 0.717) is 5.54 Å². The van der Waals surface area contributed by atoms with Gasteiger partial charge in [0, 0.05) is 18.6 Å². The first kappa shape index (κ1) is 12.4. The van der Waals surface area contributed by atoms with Crippen LogP contribution in [0.25, 0.3) is 0 Å². The van der Waals surface area contributed by atoms with Crippen molar-refractivity contribution in [3.05, 3.63) is 0 Å². The van der Waals surface area contributed by atoms with Crippen molar-refractivity contribution < 1.29 is 0 Å². The van der Waals surface area contributed by atoms with Crippen LogP contribution in [0.5, 0.6) is 0 Å². The molecule has 1 aliphatic carbocycles. The van der Waals surface area contributed by atoms with Gasteiger partial charge in [-0.2, -0.15) is 0 Å². The second-order valence-corrected chi connectivity index (χ2v) is 6.17. The van der Waals surface area contributed by atoms with Crippen LogP contribution in [0.15, 0.2) is 0 Å². The van der Waals surface area contributed by atoms with Gasteiger partial charge >= 0.3 is 0 Å². The van der Waals surface area contributed by atoms with Gasteiger partial charge in [-0.3, -0.25) is 4.90 Å². The van der Waals surface area contributed by atoms with E-state index in [9.17, 15) is 0 Å². The van der Waals surface area contributed by atoms with E-state index in [0.717, 1.165) is 24.3 Å². The average molecular weight is 224 g/mol. The molecule has 1 saturated heterocycles. The Morgan fingerprint density at radius 2 is 2.00 bits per heavy atom. The number of rotatable bonds is 5. The number of hydrogen-bond acceptors (Lipinski definition) is 2. The molecule has 94 valence electrons. The van der Waals surface area contributed by atoms with E-state index in [-0.39, 0.29) is 0 Å². The Hall–Kier alpha value is -0.0800. The lowest BCUT2D eigenvalue weighted by atomic mass is 9.88. The summed E-state index contributed by atoms with van der Waals surface area (Å²) in [4.78, 5) is 2.73. The highest BCUT2D eigenvalue weighted by Crippen LogP contribution is 2.46. The van der Waals surface area contributed by atoms with Crippen LogP contribution in [-0.4, -0.2) is 30.1 Å². The smallest absolute Gasteiger partial charge is 0.0357 e. The van der Waals surface area contributed by atoms with Crippen LogP contribution in [0.4, 0.5) is 0 Å². The minimum absolute atomic E-state index is 0.351. The molecular formula is C14H28N2. The van der Waals surface area contributed by atoms with Gasteiger partial charge in [0.2, 0.25) is 0 Å². The predicted molar refractivity (Wildman–Crippen MR) is 69.3 cm³/mol. The van der Waals surface area contributed by atoms with Gasteiger partial charge in [0.1, 0.15) is 0 Å². The molecule has 0 aromatic rings. The van der Waals surface area contributed by atoms with Crippen LogP contribution in [0.3, 0.4) is 0 Å². The van der Waals surface area contributed by atoms with Crippen LogP contribution in [0.2, 0.25) is 0 Å². The molecule has 1 heterocycles. The molecule has 2 aliphatic rings. The first-order valence-corrected chi connectivity index (χ1v) is 7.09. The van der Waals surface area contributed by atoms with Crippen LogP contribution >= 0.6 is 0 Å². The summed E-state index contributed by atoms with van der Waals surface area (Å²) in [5.41, 5.74) is 6.47. The van der Waals surface area contributed by atoms with E-state index in [1.165, 1.54) is 38.8 Å². The largest absolute Gasteiger partial charge is 0.329 e. The molecule has 2 atom stereocenters. The third-order valence-electron chi connectivity index (χ3n) is 5.10. The lowest BCUT2D eigenvalue weighted by molar-refractivity contribution is 0.0877. The second-order valence-electron chi connectivity index (χ2n) is 6.17. The Labute approximate surface area is 101 Å². The maximum atomic E-state index is 6.12. The van der Waals surface area contributed by atoms with Crippen LogP contribution in [-0.2, 0) is 0 Å². The van der Waals surface area contributed by atoms with Gasteiger partial charge in [-0.25, -0.2) is 0 Å². The molecule has 1 aliphatic heterocycles. The van der Waals surface area contributed by atoms with Crippen LogP contribution < -0.4 is 5.73 Å². The summed E-state index contributed by atoms with van der Waals surface area (Å²) >= 11 is 0. The van der Waals surface area contributed by atoms with Gasteiger partial charge in [0.15, 0.2) is 0 Å². The van der Waals surface area contributed by atoms with Crippen LogP contribution in [0.1, 0.15) is 46.5 Å². The summed E-state index contributed by atoms with van der Waals surface area (Å²) in [6.45, 7) is 10.5. The highest BCUT2D eigenvalue weighted by atomic mass is 15.2. The molecule has 1 saturated carbocycles. The van der Waals surface area contributed by atoms with Gasteiger partial charge in [0.25, 0.3) is 0 Å². The molecule has 2 heteroatoms. The van der Waals surface area contributed by atoms with Crippen molar-refractivity contribution in [3.8, 4) is 0 Å². The van der Waals surface area contributed by atoms with E-state index in [2.05, 4.69) is 25.7 Å². The minimum atomic E-state index is 0.351. The van der Waals surface area contributed by atoms with E-state index >= 15 is 0 Å². The monoisotopic (exact) mass is 224 g/mol. The molecule has 16 heavy (non-hydrogen) atoms. The Morgan fingerprint density at radius 3 is 2.38 bits per heavy atom. The van der Waals surface area contributed by atoms with Gasteiger partial charge in [0.05, 0.1) is 0 Å². The summed E-state index contributed by atoms with van der Waals surface area (Å²) in [5.74, 6) is 2.63. The van der Waals surface area contributed by atoms with E-state index in [1.54, 1.807) is 0 Å². The molecule has 0 spiro atoms. The summed E-state index contributed by atoms with van der Waals surface area (Å²) in [7, 11) is 0. The summed E-state index contributed by atoms with van der Waals surface area (Å²) in [6.07, 6.45) is 5.44. The van der Waals surface area contributed by atoms with E-state index in [1.807, 2.05) is 0 Å². The van der Waals surface area contributed by atoms with Gasteiger partial charge in [-0.15, -0.1) is 0 Å². The van der Waals surface area contributed by atoms with Gasteiger partial charge in [-0.1, -0.05) is 20.8 Å². The standard InChI is InChI=1S/C14H28N2/c1-4-14(10-15,13-5-6-13)16-8-7-12(9-16)11(2)3/h11-13H,4-10,15H2,1-3H3. The van der Waals surface area contributed by atoms with Crippen molar-refractivity contribution >= 4 is 0 Å². The quantitative estimate of drug-likeness (QED) is 0.777. The maximum Gasteiger partial charge on any atom is 0.0357 e. The lowest BCUT2D eigenvalue weighted by Gasteiger charge is -2.41. The highest BCUT2D eigenvalue weighted by molar-refractivity contribution is 5.04. The van der Waals surface area contributed by atoms with Gasteiger partial charge < -0.3 is 5.73 Å². The SMILES string of the molecule is CCC(CN)(C1CC1)N1CCC(C(C)C)C1. The first-order valence-electron chi connectivity index (χ1n) is 7.09. The van der Waals surface area contributed by atoms with Crippen molar-refractivity contribution in [1.29, 1.82) is 0 Å². The Kier molecular flexibility index (Phi) is 3.60. The zero-order valence-corrected chi connectivity index (χ0v) is 11.2. The zero-order chi connectivity index (χ0) is 11.8. The fraction of sp³-hybridized carbons (Fsp3) is 1.00. The second kappa shape index (κ2) is 4.66. The molecule has 0 radical (unpaired) electrons. The third-order valence-corrected chi connectivity index (χ3v) is 5.10. The summed E-state index contributed by atoms with van der Waals surface area (Å²) in [6, 6.07) is 0.